The SMILES string of the molecule is CN(CC(=O)O)CC1CN(C(=O)CNC(=O)CC(C)(C)C)CCO1. The first-order valence-electron chi connectivity index (χ1n) is 8.13. The molecule has 1 heterocycles. The van der Waals surface area contributed by atoms with Gasteiger partial charge in [0, 0.05) is 26.1 Å². The van der Waals surface area contributed by atoms with Crippen LogP contribution in [0, 0.1) is 5.41 Å². The van der Waals surface area contributed by atoms with Crippen LogP contribution >= 0.6 is 0 Å². The van der Waals surface area contributed by atoms with Gasteiger partial charge in [0.1, 0.15) is 0 Å². The number of hydrogen-bond donors (Lipinski definition) is 2. The highest BCUT2D eigenvalue weighted by Crippen LogP contribution is 2.17. The Kier molecular flexibility index (Phi) is 7.62. The van der Waals surface area contributed by atoms with Gasteiger partial charge in [-0.2, -0.15) is 0 Å². The second kappa shape index (κ2) is 8.98. The summed E-state index contributed by atoms with van der Waals surface area (Å²) in [6.07, 6.45) is 0.142. The molecule has 24 heavy (non-hydrogen) atoms. The number of likely N-dealkylation sites (N-methyl/N-ethyl adjacent to an activating group) is 1. The number of nitrogens with zero attached hydrogens (tertiary/aromatic N) is 2. The maximum Gasteiger partial charge on any atom is 0.317 e. The number of carbonyl (C=O) groups is 3. The Morgan fingerprint density at radius 2 is 2.00 bits per heavy atom. The molecule has 1 saturated heterocycles. The van der Waals surface area contributed by atoms with E-state index in [1.807, 2.05) is 20.8 Å². The molecule has 1 atom stereocenters. The molecule has 0 aromatic heterocycles. The predicted molar refractivity (Wildman–Crippen MR) is 88.5 cm³/mol. The highest BCUT2D eigenvalue weighted by molar-refractivity contribution is 5.85. The van der Waals surface area contributed by atoms with Crippen molar-refractivity contribution < 1.29 is 24.2 Å². The molecule has 0 radical (unpaired) electrons. The highest BCUT2D eigenvalue weighted by atomic mass is 16.5. The van der Waals surface area contributed by atoms with Crippen LogP contribution in [0.3, 0.4) is 0 Å². The molecule has 0 aromatic rings. The van der Waals surface area contributed by atoms with Gasteiger partial charge in [0.15, 0.2) is 0 Å². The molecule has 0 bridgehead atoms. The Hall–Kier alpha value is -1.67. The molecular weight excluding hydrogens is 314 g/mol. The van der Waals surface area contributed by atoms with Gasteiger partial charge in [-0.25, -0.2) is 0 Å². The topological polar surface area (TPSA) is 99.2 Å². The van der Waals surface area contributed by atoms with Crippen LogP contribution in [0.25, 0.3) is 0 Å². The third-order valence-corrected chi connectivity index (χ3v) is 3.54. The number of rotatable bonds is 7. The molecule has 2 amide bonds. The smallest absolute Gasteiger partial charge is 0.317 e. The minimum atomic E-state index is -0.900. The van der Waals surface area contributed by atoms with Gasteiger partial charge in [0.2, 0.25) is 11.8 Å². The molecule has 1 rings (SSSR count). The lowest BCUT2D eigenvalue weighted by Crippen LogP contribution is -2.51. The zero-order chi connectivity index (χ0) is 18.3. The fraction of sp³-hybridized carbons (Fsp3) is 0.812. The average molecular weight is 343 g/mol. The molecule has 2 N–H and O–H groups in total. The van der Waals surface area contributed by atoms with Crippen LogP contribution in [0.4, 0.5) is 0 Å². The van der Waals surface area contributed by atoms with E-state index < -0.39 is 5.97 Å². The lowest BCUT2D eigenvalue weighted by Gasteiger charge is -2.34. The summed E-state index contributed by atoms with van der Waals surface area (Å²) in [6.45, 7) is 7.53. The fourth-order valence-corrected chi connectivity index (χ4v) is 2.53. The maximum atomic E-state index is 12.2. The minimum absolute atomic E-state index is 0.0212. The lowest BCUT2D eigenvalue weighted by atomic mass is 9.92. The van der Waals surface area contributed by atoms with Crippen molar-refractivity contribution in [3.8, 4) is 0 Å². The van der Waals surface area contributed by atoms with Crippen LogP contribution in [0.1, 0.15) is 27.2 Å². The number of carboxylic acid groups (broad SMARTS) is 1. The van der Waals surface area contributed by atoms with Crippen molar-refractivity contribution >= 4 is 17.8 Å². The van der Waals surface area contributed by atoms with Gasteiger partial charge in [-0.15, -0.1) is 0 Å². The van der Waals surface area contributed by atoms with Crippen LogP contribution < -0.4 is 5.32 Å². The third kappa shape index (κ3) is 8.26. The molecule has 138 valence electrons. The van der Waals surface area contributed by atoms with Gasteiger partial charge >= 0.3 is 5.97 Å². The fourth-order valence-electron chi connectivity index (χ4n) is 2.53. The maximum absolute atomic E-state index is 12.2. The van der Waals surface area contributed by atoms with Crippen molar-refractivity contribution in [2.45, 2.75) is 33.3 Å². The van der Waals surface area contributed by atoms with Crippen molar-refractivity contribution in [1.82, 2.24) is 15.1 Å². The molecule has 0 spiro atoms. The molecule has 0 aromatic carbocycles. The summed E-state index contributed by atoms with van der Waals surface area (Å²) >= 11 is 0. The Labute approximate surface area is 143 Å². The van der Waals surface area contributed by atoms with Crippen LogP contribution in [0.5, 0.6) is 0 Å². The van der Waals surface area contributed by atoms with Gasteiger partial charge in [-0.05, 0) is 12.5 Å². The summed E-state index contributed by atoms with van der Waals surface area (Å²) in [6, 6.07) is 0. The second-order valence-electron chi connectivity index (χ2n) is 7.44. The Balaban J connectivity index is 2.39. The number of nitrogens with one attached hydrogen (secondary N) is 1. The first-order valence-corrected chi connectivity index (χ1v) is 8.13. The molecule has 1 aliphatic heterocycles. The molecule has 8 nitrogen and oxygen atoms in total. The van der Waals surface area contributed by atoms with Crippen molar-refractivity contribution in [2.24, 2.45) is 5.41 Å². The Bertz CT molecular complexity index is 461. The first-order chi connectivity index (χ1) is 11.1. The largest absolute Gasteiger partial charge is 0.480 e. The van der Waals surface area contributed by atoms with Gasteiger partial charge in [-0.3, -0.25) is 19.3 Å². The van der Waals surface area contributed by atoms with E-state index in [1.165, 1.54) is 0 Å². The number of amides is 2. The monoisotopic (exact) mass is 343 g/mol. The standard InChI is InChI=1S/C16H29N3O5/c1-16(2,3)7-13(20)17-8-14(21)19-5-6-24-12(10-19)9-18(4)11-15(22)23/h12H,5-11H2,1-4H3,(H,17,20)(H,22,23). The molecule has 0 saturated carbocycles. The summed E-state index contributed by atoms with van der Waals surface area (Å²) < 4.78 is 5.59. The average Bonchev–Trinajstić information content (AvgIpc) is 2.42. The van der Waals surface area contributed by atoms with E-state index >= 15 is 0 Å². The number of hydrogen-bond acceptors (Lipinski definition) is 5. The zero-order valence-electron chi connectivity index (χ0n) is 15.0. The number of aliphatic carboxylic acids is 1. The molecular formula is C16H29N3O5. The van der Waals surface area contributed by atoms with E-state index in [2.05, 4.69) is 5.32 Å². The van der Waals surface area contributed by atoms with E-state index in [1.54, 1.807) is 16.8 Å². The number of morpholine rings is 1. The third-order valence-electron chi connectivity index (χ3n) is 3.54. The normalized spacial score (nSPS) is 18.5. The zero-order valence-corrected chi connectivity index (χ0v) is 15.0. The minimum Gasteiger partial charge on any atom is -0.480 e. The van der Waals surface area contributed by atoms with Crippen molar-refractivity contribution in [3.63, 3.8) is 0 Å². The second-order valence-corrected chi connectivity index (χ2v) is 7.44. The summed E-state index contributed by atoms with van der Waals surface area (Å²) in [5.74, 6) is -1.18. The van der Waals surface area contributed by atoms with Crippen molar-refractivity contribution in [3.05, 3.63) is 0 Å². The van der Waals surface area contributed by atoms with Crippen LogP contribution in [-0.4, -0.2) is 85.2 Å². The Morgan fingerprint density at radius 3 is 2.58 bits per heavy atom. The molecule has 1 unspecified atom stereocenters. The van der Waals surface area contributed by atoms with Crippen LogP contribution in [0.15, 0.2) is 0 Å². The van der Waals surface area contributed by atoms with E-state index in [0.717, 1.165) is 0 Å². The first kappa shape index (κ1) is 20.4. The Morgan fingerprint density at radius 1 is 1.33 bits per heavy atom. The summed E-state index contributed by atoms with van der Waals surface area (Å²) in [5.41, 5.74) is -0.119. The van der Waals surface area contributed by atoms with Crippen molar-refractivity contribution in [1.29, 1.82) is 0 Å². The number of carboxylic acids is 1. The number of ether oxygens (including phenoxy) is 1. The highest BCUT2D eigenvalue weighted by Gasteiger charge is 2.26. The summed E-state index contributed by atoms with van der Waals surface area (Å²) in [4.78, 5) is 38.0. The predicted octanol–water partition coefficient (Wildman–Crippen LogP) is -0.217. The van der Waals surface area contributed by atoms with Gasteiger partial charge < -0.3 is 20.1 Å². The summed E-state index contributed by atoms with van der Waals surface area (Å²) in [5, 5.41) is 11.4. The van der Waals surface area contributed by atoms with Crippen molar-refractivity contribution in [2.75, 3.05) is 46.4 Å². The molecule has 8 heteroatoms. The van der Waals surface area contributed by atoms with Gasteiger partial charge in [0.05, 0.1) is 25.8 Å². The van der Waals surface area contributed by atoms with E-state index in [9.17, 15) is 14.4 Å². The van der Waals surface area contributed by atoms with Crippen LogP contribution in [0.2, 0.25) is 0 Å². The number of carbonyl (C=O) groups excluding carboxylic acids is 2. The molecule has 1 fully saturated rings. The molecule has 0 aliphatic carbocycles. The van der Waals surface area contributed by atoms with E-state index in [0.29, 0.717) is 32.7 Å². The lowest BCUT2D eigenvalue weighted by molar-refractivity contribution is -0.142. The quantitative estimate of drug-likeness (QED) is 0.663. The van der Waals surface area contributed by atoms with Gasteiger partial charge in [-0.1, -0.05) is 20.8 Å². The molecule has 1 aliphatic rings. The van der Waals surface area contributed by atoms with Gasteiger partial charge in [0.25, 0.3) is 0 Å². The van der Waals surface area contributed by atoms with Crippen LogP contribution in [-0.2, 0) is 19.1 Å². The van der Waals surface area contributed by atoms with E-state index in [-0.39, 0.29) is 36.4 Å². The van der Waals surface area contributed by atoms with E-state index in [4.69, 9.17) is 9.84 Å². The summed E-state index contributed by atoms with van der Waals surface area (Å²) in [7, 11) is 1.70.